The summed E-state index contributed by atoms with van der Waals surface area (Å²) in [5.74, 6) is -0.0559. The molecule has 0 aliphatic carbocycles. The van der Waals surface area contributed by atoms with Crippen molar-refractivity contribution in [2.75, 3.05) is 13.2 Å². The SMILES string of the molecule is CCCCCCCCCCCCC/C=C/C(O)C(CO)NC(=O)CCCCCCCCCC/C=C\CCCCCCCCCCCCCCOC(=O)CCCCCCCCCCCCCCCCCC. The van der Waals surface area contributed by atoms with Crippen molar-refractivity contribution in [3.8, 4) is 0 Å². The highest BCUT2D eigenvalue weighted by molar-refractivity contribution is 5.76. The third-order valence-corrected chi connectivity index (χ3v) is 14.7. The zero-order chi connectivity index (χ0) is 50.7. The third-order valence-electron chi connectivity index (χ3n) is 14.7. The minimum atomic E-state index is -0.846. The van der Waals surface area contributed by atoms with Crippen molar-refractivity contribution in [2.45, 2.75) is 360 Å². The van der Waals surface area contributed by atoms with Gasteiger partial charge in [0.25, 0.3) is 0 Å². The minimum Gasteiger partial charge on any atom is -0.466 e. The van der Waals surface area contributed by atoms with Crippen molar-refractivity contribution in [3.63, 3.8) is 0 Å². The molecule has 0 fully saturated rings. The predicted molar refractivity (Wildman–Crippen MR) is 306 cm³/mol. The second kappa shape index (κ2) is 59.9. The van der Waals surface area contributed by atoms with Crippen LogP contribution in [0.15, 0.2) is 24.3 Å². The first-order valence-corrected chi connectivity index (χ1v) is 31.6. The zero-order valence-electron chi connectivity index (χ0n) is 47.3. The van der Waals surface area contributed by atoms with E-state index in [2.05, 4.69) is 31.3 Å². The molecule has 0 saturated heterocycles. The quantitative estimate of drug-likeness (QED) is 0.0321. The lowest BCUT2D eigenvalue weighted by Crippen LogP contribution is -2.45. The Morgan fingerprint density at radius 3 is 1.01 bits per heavy atom. The highest BCUT2D eigenvalue weighted by Crippen LogP contribution is 2.17. The van der Waals surface area contributed by atoms with Gasteiger partial charge in [-0.15, -0.1) is 0 Å². The van der Waals surface area contributed by atoms with E-state index in [1.807, 2.05) is 6.08 Å². The summed E-state index contributed by atoms with van der Waals surface area (Å²) in [5, 5.41) is 23.1. The maximum absolute atomic E-state index is 12.4. The summed E-state index contributed by atoms with van der Waals surface area (Å²) >= 11 is 0. The number of amides is 1. The average molecular weight is 987 g/mol. The number of allylic oxidation sites excluding steroid dienone is 3. The number of rotatable bonds is 59. The Morgan fingerprint density at radius 1 is 0.386 bits per heavy atom. The number of hydrogen-bond donors (Lipinski definition) is 3. The molecule has 0 aromatic heterocycles. The summed E-state index contributed by atoms with van der Waals surface area (Å²) in [4.78, 5) is 24.5. The summed E-state index contributed by atoms with van der Waals surface area (Å²) in [5.41, 5.74) is 0. The number of hydrogen-bond acceptors (Lipinski definition) is 5. The molecule has 2 unspecified atom stereocenters. The average Bonchev–Trinajstić information content (AvgIpc) is 3.36. The Bertz CT molecular complexity index is 1090. The van der Waals surface area contributed by atoms with Gasteiger partial charge in [0.15, 0.2) is 0 Å². The lowest BCUT2D eigenvalue weighted by molar-refractivity contribution is -0.143. The van der Waals surface area contributed by atoms with Crippen LogP contribution in [0, 0.1) is 0 Å². The molecule has 0 rings (SSSR count). The fourth-order valence-electron chi connectivity index (χ4n) is 9.87. The van der Waals surface area contributed by atoms with Crippen LogP contribution in [-0.4, -0.2) is 47.4 Å². The van der Waals surface area contributed by atoms with E-state index in [9.17, 15) is 19.8 Å². The lowest BCUT2D eigenvalue weighted by Gasteiger charge is -2.20. The molecule has 6 nitrogen and oxygen atoms in total. The second-order valence-corrected chi connectivity index (χ2v) is 21.7. The molecule has 70 heavy (non-hydrogen) atoms. The summed E-state index contributed by atoms with van der Waals surface area (Å²) in [6.07, 6.45) is 73.7. The number of nitrogens with one attached hydrogen (secondary N) is 1. The maximum atomic E-state index is 12.4. The maximum Gasteiger partial charge on any atom is 0.305 e. The van der Waals surface area contributed by atoms with Crippen molar-refractivity contribution in [3.05, 3.63) is 24.3 Å². The first kappa shape index (κ1) is 68.3. The van der Waals surface area contributed by atoms with Gasteiger partial charge in [0.05, 0.1) is 25.4 Å². The van der Waals surface area contributed by atoms with Gasteiger partial charge in [-0.25, -0.2) is 0 Å². The second-order valence-electron chi connectivity index (χ2n) is 21.7. The Kier molecular flexibility index (Phi) is 58.5. The van der Waals surface area contributed by atoms with Gasteiger partial charge in [-0.3, -0.25) is 9.59 Å². The van der Waals surface area contributed by atoms with Crippen LogP contribution in [0.1, 0.15) is 348 Å². The highest BCUT2D eigenvalue weighted by Gasteiger charge is 2.18. The van der Waals surface area contributed by atoms with E-state index in [0.29, 0.717) is 19.4 Å². The van der Waals surface area contributed by atoms with Crippen LogP contribution in [0.25, 0.3) is 0 Å². The van der Waals surface area contributed by atoms with Crippen LogP contribution in [0.3, 0.4) is 0 Å². The zero-order valence-corrected chi connectivity index (χ0v) is 47.3. The van der Waals surface area contributed by atoms with Crippen LogP contribution >= 0.6 is 0 Å². The molecule has 0 spiro atoms. The van der Waals surface area contributed by atoms with Crippen molar-refractivity contribution in [2.24, 2.45) is 0 Å². The molecule has 6 heteroatoms. The number of aliphatic hydroxyl groups excluding tert-OH is 2. The monoisotopic (exact) mass is 986 g/mol. The normalized spacial score (nSPS) is 12.7. The van der Waals surface area contributed by atoms with E-state index < -0.39 is 12.1 Å². The Morgan fingerprint density at radius 2 is 0.671 bits per heavy atom. The Hall–Kier alpha value is -1.66. The third kappa shape index (κ3) is 55.7. The number of ether oxygens (including phenoxy) is 1. The van der Waals surface area contributed by atoms with E-state index in [1.54, 1.807) is 6.08 Å². The molecule has 0 radical (unpaired) electrons. The predicted octanol–water partition coefficient (Wildman–Crippen LogP) is 19.8. The fourth-order valence-corrected chi connectivity index (χ4v) is 9.87. The topological polar surface area (TPSA) is 95.9 Å². The summed E-state index contributed by atoms with van der Waals surface area (Å²) in [7, 11) is 0. The number of carbonyl (C=O) groups is 2. The van der Waals surface area contributed by atoms with Crippen LogP contribution in [0.2, 0.25) is 0 Å². The van der Waals surface area contributed by atoms with E-state index >= 15 is 0 Å². The molecular formula is C64H123NO5. The lowest BCUT2D eigenvalue weighted by atomic mass is 10.0. The van der Waals surface area contributed by atoms with Gasteiger partial charge in [0, 0.05) is 12.8 Å². The summed E-state index contributed by atoms with van der Waals surface area (Å²) < 4.78 is 5.49. The Labute approximate surface area is 437 Å². The number of aliphatic hydroxyl groups is 2. The molecule has 0 heterocycles. The van der Waals surface area contributed by atoms with Crippen molar-refractivity contribution >= 4 is 11.9 Å². The molecule has 0 aliphatic heterocycles. The molecule has 0 saturated carbocycles. The van der Waals surface area contributed by atoms with E-state index in [0.717, 1.165) is 38.5 Å². The molecule has 1 amide bonds. The highest BCUT2D eigenvalue weighted by atomic mass is 16.5. The molecule has 0 bridgehead atoms. The van der Waals surface area contributed by atoms with Crippen LogP contribution < -0.4 is 5.32 Å². The number of unbranched alkanes of at least 4 members (excludes halogenated alkanes) is 46. The van der Waals surface area contributed by atoms with E-state index in [-0.39, 0.29) is 18.5 Å². The molecule has 0 aliphatic rings. The summed E-state index contributed by atoms with van der Waals surface area (Å²) in [6.45, 7) is 4.92. The van der Waals surface area contributed by atoms with Gasteiger partial charge >= 0.3 is 5.97 Å². The minimum absolute atomic E-state index is 0.0158. The van der Waals surface area contributed by atoms with Crippen molar-refractivity contribution in [1.29, 1.82) is 0 Å². The molecule has 2 atom stereocenters. The Balaban J connectivity index is 3.39. The molecule has 0 aromatic rings. The largest absolute Gasteiger partial charge is 0.466 e. The fraction of sp³-hybridized carbons (Fsp3) is 0.906. The van der Waals surface area contributed by atoms with E-state index in [4.69, 9.17) is 4.74 Å². The molecule has 414 valence electrons. The van der Waals surface area contributed by atoms with Crippen LogP contribution in [-0.2, 0) is 14.3 Å². The smallest absolute Gasteiger partial charge is 0.305 e. The van der Waals surface area contributed by atoms with Gasteiger partial charge in [0.2, 0.25) is 5.91 Å². The molecule has 0 aromatic carbocycles. The number of esters is 1. The van der Waals surface area contributed by atoms with Gasteiger partial charge in [-0.1, -0.05) is 301 Å². The standard InChI is InChI=1S/C64H123NO5/c1-3-5-7-9-11-13-15-17-18-30-34-38-42-46-50-54-58-64(69)70-59-55-51-47-43-39-35-31-28-26-24-22-20-19-21-23-25-27-29-33-37-41-45-49-53-57-63(68)65-61(60-66)62(67)56-52-48-44-40-36-32-16-14-12-10-8-6-4-2/h21,23,52,56,61-62,66-67H,3-20,22,24-51,53-55,57-60H2,1-2H3,(H,65,68)/b23-21-,56-52+. The van der Waals surface area contributed by atoms with E-state index in [1.165, 1.54) is 283 Å². The van der Waals surface area contributed by atoms with Crippen LogP contribution in [0.4, 0.5) is 0 Å². The van der Waals surface area contributed by atoms with Crippen LogP contribution in [0.5, 0.6) is 0 Å². The van der Waals surface area contributed by atoms with Gasteiger partial charge in [-0.05, 0) is 57.8 Å². The first-order chi connectivity index (χ1) is 34.5. The van der Waals surface area contributed by atoms with Gasteiger partial charge in [0.1, 0.15) is 0 Å². The van der Waals surface area contributed by atoms with Crippen molar-refractivity contribution < 1.29 is 24.5 Å². The van der Waals surface area contributed by atoms with Gasteiger partial charge < -0.3 is 20.3 Å². The molecular weight excluding hydrogens is 863 g/mol. The number of carbonyl (C=O) groups excluding carboxylic acids is 2. The molecule has 3 N–H and O–H groups in total. The van der Waals surface area contributed by atoms with Gasteiger partial charge in [-0.2, -0.15) is 0 Å². The van der Waals surface area contributed by atoms with Crippen molar-refractivity contribution in [1.82, 2.24) is 5.32 Å². The first-order valence-electron chi connectivity index (χ1n) is 31.6. The summed E-state index contributed by atoms with van der Waals surface area (Å²) in [6, 6.07) is -0.630.